The van der Waals surface area contributed by atoms with Crippen LogP contribution in [0.1, 0.15) is 5.56 Å². The Bertz CT molecular complexity index is 359. The average Bonchev–Trinajstić information content (AvgIpc) is 2.30. The van der Waals surface area contributed by atoms with Crippen LogP contribution in [0.2, 0.25) is 0 Å². The largest absolute Gasteiger partial charge is 0.378 e. The molecule has 0 spiro atoms. The van der Waals surface area contributed by atoms with E-state index < -0.39 is 0 Å². The zero-order valence-corrected chi connectivity index (χ0v) is 11.0. The van der Waals surface area contributed by atoms with E-state index in [4.69, 9.17) is 0 Å². The smallest absolute Gasteiger partial charge is 0.236 e. The molecule has 1 aromatic rings. The Kier molecular flexibility index (Phi) is 4.97. The first-order chi connectivity index (χ1) is 8.04. The lowest BCUT2D eigenvalue weighted by Gasteiger charge is -2.18. The highest BCUT2D eigenvalue weighted by molar-refractivity contribution is 5.77. The third-order valence-electron chi connectivity index (χ3n) is 2.63. The van der Waals surface area contributed by atoms with E-state index >= 15 is 0 Å². The molecule has 0 aliphatic heterocycles. The van der Waals surface area contributed by atoms with Crippen LogP contribution in [0.15, 0.2) is 24.3 Å². The van der Waals surface area contributed by atoms with Crippen molar-refractivity contribution < 1.29 is 4.79 Å². The normalized spacial score (nSPS) is 10.1. The second-order valence-electron chi connectivity index (χ2n) is 4.34. The van der Waals surface area contributed by atoms with E-state index in [9.17, 15) is 4.79 Å². The van der Waals surface area contributed by atoms with Crippen molar-refractivity contribution in [3.8, 4) is 0 Å². The van der Waals surface area contributed by atoms with Crippen LogP contribution in [0.4, 0.5) is 5.69 Å². The van der Waals surface area contributed by atoms with Crippen LogP contribution >= 0.6 is 0 Å². The molecule has 4 nitrogen and oxygen atoms in total. The lowest BCUT2D eigenvalue weighted by Crippen LogP contribution is -2.33. The number of hydrogen-bond acceptors (Lipinski definition) is 3. The molecule has 0 heterocycles. The molecule has 0 aromatic heterocycles. The van der Waals surface area contributed by atoms with Crippen molar-refractivity contribution in [1.29, 1.82) is 0 Å². The van der Waals surface area contributed by atoms with Crippen LogP contribution in [0.5, 0.6) is 0 Å². The molecule has 0 saturated carbocycles. The third kappa shape index (κ3) is 4.07. The summed E-state index contributed by atoms with van der Waals surface area (Å²) < 4.78 is 0. The lowest BCUT2D eigenvalue weighted by atomic mass is 10.2. The number of likely N-dealkylation sites (N-methyl/N-ethyl adjacent to an activating group) is 2. The van der Waals surface area contributed by atoms with Crippen molar-refractivity contribution in [2.24, 2.45) is 0 Å². The molecule has 4 heteroatoms. The number of rotatable bonds is 5. The predicted octanol–water partition coefficient (Wildman–Crippen LogP) is 0.930. The Hall–Kier alpha value is -1.55. The van der Waals surface area contributed by atoms with Crippen molar-refractivity contribution in [1.82, 2.24) is 10.2 Å². The maximum Gasteiger partial charge on any atom is 0.236 e. The molecule has 0 radical (unpaired) electrons. The van der Waals surface area contributed by atoms with E-state index in [1.54, 1.807) is 11.9 Å². The fraction of sp³-hybridized carbons (Fsp3) is 0.462. The average molecular weight is 235 g/mol. The van der Waals surface area contributed by atoms with Gasteiger partial charge in [0.1, 0.15) is 0 Å². The SMILES string of the molecule is CNCC(=O)N(C)Cc1ccc(N(C)C)cc1. The molecule has 1 rings (SSSR count). The van der Waals surface area contributed by atoms with Gasteiger partial charge in [0.05, 0.1) is 6.54 Å². The van der Waals surface area contributed by atoms with Gasteiger partial charge in [0.25, 0.3) is 0 Å². The minimum atomic E-state index is 0.101. The van der Waals surface area contributed by atoms with E-state index in [-0.39, 0.29) is 5.91 Å². The predicted molar refractivity (Wildman–Crippen MR) is 71.2 cm³/mol. The molecule has 0 unspecified atom stereocenters. The number of benzene rings is 1. The molecule has 0 atom stereocenters. The number of amides is 1. The zero-order chi connectivity index (χ0) is 12.8. The van der Waals surface area contributed by atoms with Gasteiger partial charge < -0.3 is 15.1 Å². The third-order valence-corrected chi connectivity index (χ3v) is 2.63. The highest BCUT2D eigenvalue weighted by Gasteiger charge is 2.07. The van der Waals surface area contributed by atoms with Crippen LogP contribution in [-0.4, -0.2) is 45.5 Å². The Morgan fingerprint density at radius 1 is 1.18 bits per heavy atom. The van der Waals surface area contributed by atoms with Gasteiger partial charge in [0.2, 0.25) is 5.91 Å². The second-order valence-corrected chi connectivity index (χ2v) is 4.34. The number of carbonyl (C=O) groups is 1. The van der Waals surface area contributed by atoms with Gasteiger partial charge in [-0.05, 0) is 24.7 Å². The number of carbonyl (C=O) groups excluding carboxylic acids is 1. The van der Waals surface area contributed by atoms with Crippen LogP contribution in [0.3, 0.4) is 0 Å². The molecule has 0 saturated heterocycles. The van der Waals surface area contributed by atoms with Crippen molar-refractivity contribution in [2.75, 3.05) is 39.6 Å². The molecular formula is C13H21N3O. The monoisotopic (exact) mass is 235 g/mol. The fourth-order valence-electron chi connectivity index (χ4n) is 1.55. The molecule has 1 N–H and O–H groups in total. The maximum absolute atomic E-state index is 11.6. The highest BCUT2D eigenvalue weighted by atomic mass is 16.2. The van der Waals surface area contributed by atoms with Crippen LogP contribution in [0, 0.1) is 0 Å². The first-order valence-electron chi connectivity index (χ1n) is 5.69. The topological polar surface area (TPSA) is 35.6 Å². The Labute approximate surface area is 103 Å². The summed E-state index contributed by atoms with van der Waals surface area (Å²) in [7, 11) is 7.62. The summed E-state index contributed by atoms with van der Waals surface area (Å²) in [5.41, 5.74) is 2.31. The van der Waals surface area contributed by atoms with E-state index in [0.717, 1.165) is 11.3 Å². The van der Waals surface area contributed by atoms with E-state index in [0.29, 0.717) is 13.1 Å². The van der Waals surface area contributed by atoms with Gasteiger partial charge in [-0.2, -0.15) is 0 Å². The Morgan fingerprint density at radius 2 is 1.76 bits per heavy atom. The van der Waals surface area contributed by atoms with Gasteiger partial charge in [-0.3, -0.25) is 4.79 Å². The number of anilines is 1. The summed E-state index contributed by atoms with van der Waals surface area (Å²) in [4.78, 5) is 15.4. The van der Waals surface area contributed by atoms with Crippen molar-refractivity contribution in [3.63, 3.8) is 0 Å². The van der Waals surface area contributed by atoms with Gasteiger partial charge in [0.15, 0.2) is 0 Å². The Morgan fingerprint density at radius 3 is 2.24 bits per heavy atom. The molecule has 0 aliphatic rings. The lowest BCUT2D eigenvalue weighted by molar-refractivity contribution is -0.129. The molecule has 17 heavy (non-hydrogen) atoms. The first-order valence-corrected chi connectivity index (χ1v) is 5.69. The van der Waals surface area contributed by atoms with E-state index in [1.165, 1.54) is 0 Å². The standard InChI is InChI=1S/C13H21N3O/c1-14-9-13(17)16(4)10-11-5-7-12(8-6-11)15(2)3/h5-8,14H,9-10H2,1-4H3. The summed E-state index contributed by atoms with van der Waals surface area (Å²) in [6.07, 6.45) is 0. The van der Waals surface area contributed by atoms with E-state index in [1.807, 2.05) is 21.1 Å². The van der Waals surface area contributed by atoms with Gasteiger partial charge in [-0.1, -0.05) is 12.1 Å². The molecule has 94 valence electrons. The summed E-state index contributed by atoms with van der Waals surface area (Å²) in [5, 5.41) is 2.86. The quantitative estimate of drug-likeness (QED) is 0.824. The van der Waals surface area contributed by atoms with Gasteiger partial charge in [-0.15, -0.1) is 0 Å². The Balaban J connectivity index is 2.60. The van der Waals surface area contributed by atoms with Gasteiger partial charge >= 0.3 is 0 Å². The van der Waals surface area contributed by atoms with Crippen molar-refractivity contribution in [3.05, 3.63) is 29.8 Å². The number of nitrogens with zero attached hydrogens (tertiary/aromatic N) is 2. The van der Waals surface area contributed by atoms with Crippen LogP contribution in [0.25, 0.3) is 0 Å². The zero-order valence-electron chi connectivity index (χ0n) is 11.0. The summed E-state index contributed by atoms with van der Waals surface area (Å²) in [6, 6.07) is 8.23. The molecule has 0 bridgehead atoms. The van der Waals surface area contributed by atoms with E-state index in [2.05, 4.69) is 34.5 Å². The van der Waals surface area contributed by atoms with Crippen LogP contribution < -0.4 is 10.2 Å². The summed E-state index contributed by atoms with van der Waals surface area (Å²) in [5.74, 6) is 0.101. The van der Waals surface area contributed by atoms with Gasteiger partial charge in [-0.25, -0.2) is 0 Å². The summed E-state index contributed by atoms with van der Waals surface area (Å²) in [6.45, 7) is 1.03. The molecule has 1 amide bonds. The molecule has 0 aliphatic carbocycles. The molecular weight excluding hydrogens is 214 g/mol. The molecule has 0 fully saturated rings. The van der Waals surface area contributed by atoms with Crippen LogP contribution in [-0.2, 0) is 11.3 Å². The maximum atomic E-state index is 11.6. The fourth-order valence-corrected chi connectivity index (χ4v) is 1.55. The van der Waals surface area contributed by atoms with Gasteiger partial charge in [0, 0.05) is 33.4 Å². The van der Waals surface area contributed by atoms with Crippen molar-refractivity contribution >= 4 is 11.6 Å². The van der Waals surface area contributed by atoms with Crippen molar-refractivity contribution in [2.45, 2.75) is 6.54 Å². The summed E-state index contributed by atoms with van der Waals surface area (Å²) >= 11 is 0. The first kappa shape index (κ1) is 13.5. The molecule has 1 aromatic carbocycles. The minimum Gasteiger partial charge on any atom is -0.378 e. The number of hydrogen-bond donors (Lipinski definition) is 1. The minimum absolute atomic E-state index is 0.101. The number of nitrogens with one attached hydrogen (secondary N) is 1. The second kappa shape index (κ2) is 6.25. The highest BCUT2D eigenvalue weighted by Crippen LogP contribution is 2.13.